The first-order valence-electron chi connectivity index (χ1n) is 6.73. The Kier molecular flexibility index (Phi) is 5.77. The summed E-state index contributed by atoms with van der Waals surface area (Å²) in [5.74, 6) is 1.83. The van der Waals surface area contributed by atoms with Crippen LogP contribution in [0.2, 0.25) is 0 Å². The van der Waals surface area contributed by atoms with Crippen molar-refractivity contribution in [2.75, 3.05) is 26.8 Å². The van der Waals surface area contributed by atoms with E-state index in [-0.39, 0.29) is 0 Å². The maximum absolute atomic E-state index is 5.03. The van der Waals surface area contributed by atoms with Gasteiger partial charge in [0.2, 0.25) is 0 Å². The largest absolute Gasteiger partial charge is 0.383 e. The summed E-state index contributed by atoms with van der Waals surface area (Å²) in [5.41, 5.74) is 0.508. The molecule has 0 aromatic rings. The van der Waals surface area contributed by atoms with Crippen molar-refractivity contribution < 1.29 is 4.74 Å². The van der Waals surface area contributed by atoms with Crippen LogP contribution in [0.5, 0.6) is 0 Å². The molecule has 0 bridgehead atoms. The van der Waals surface area contributed by atoms with Gasteiger partial charge in [0.15, 0.2) is 0 Å². The first kappa shape index (κ1) is 14.0. The van der Waals surface area contributed by atoms with Gasteiger partial charge < -0.3 is 10.1 Å². The maximum atomic E-state index is 5.03. The molecule has 0 aliphatic heterocycles. The van der Waals surface area contributed by atoms with Gasteiger partial charge in [-0.15, -0.1) is 0 Å². The molecule has 0 heterocycles. The van der Waals surface area contributed by atoms with E-state index in [1.807, 2.05) is 0 Å². The van der Waals surface area contributed by atoms with Crippen molar-refractivity contribution in [2.45, 2.75) is 46.5 Å². The molecule has 2 heteroatoms. The summed E-state index contributed by atoms with van der Waals surface area (Å²) in [4.78, 5) is 0. The van der Waals surface area contributed by atoms with Crippen LogP contribution in [-0.2, 0) is 4.74 Å². The lowest BCUT2D eigenvalue weighted by Gasteiger charge is -2.37. The monoisotopic (exact) mass is 227 g/mol. The first-order chi connectivity index (χ1) is 7.54. The van der Waals surface area contributed by atoms with Crippen molar-refractivity contribution in [3.8, 4) is 0 Å². The Hall–Kier alpha value is -0.0800. The third-order valence-electron chi connectivity index (χ3n) is 3.99. The zero-order chi connectivity index (χ0) is 12.0. The van der Waals surface area contributed by atoms with Gasteiger partial charge in [-0.3, -0.25) is 0 Å². The summed E-state index contributed by atoms with van der Waals surface area (Å²) in [5, 5.41) is 3.48. The topological polar surface area (TPSA) is 21.3 Å². The fourth-order valence-electron chi connectivity index (χ4n) is 2.71. The third kappa shape index (κ3) is 4.84. The van der Waals surface area contributed by atoms with Crippen molar-refractivity contribution in [3.63, 3.8) is 0 Å². The average Bonchev–Trinajstić information content (AvgIpc) is 2.24. The van der Waals surface area contributed by atoms with E-state index in [0.717, 1.165) is 25.0 Å². The molecule has 0 unspecified atom stereocenters. The minimum atomic E-state index is 0.508. The summed E-state index contributed by atoms with van der Waals surface area (Å²) in [7, 11) is 1.76. The summed E-state index contributed by atoms with van der Waals surface area (Å²) in [6.07, 6.45) is 5.64. The number of hydrogen-bond donors (Lipinski definition) is 1. The molecular formula is C14H29NO. The van der Waals surface area contributed by atoms with Crippen molar-refractivity contribution >= 4 is 0 Å². The lowest BCUT2D eigenvalue weighted by Crippen LogP contribution is -2.31. The Balaban J connectivity index is 2.12. The van der Waals surface area contributed by atoms with Gasteiger partial charge in [0.25, 0.3) is 0 Å². The van der Waals surface area contributed by atoms with Crippen LogP contribution in [0.1, 0.15) is 46.5 Å². The highest BCUT2D eigenvalue weighted by atomic mass is 16.5. The Bertz CT molecular complexity index is 178. The van der Waals surface area contributed by atoms with Crippen LogP contribution in [0.25, 0.3) is 0 Å². The van der Waals surface area contributed by atoms with E-state index >= 15 is 0 Å². The van der Waals surface area contributed by atoms with Crippen molar-refractivity contribution in [3.05, 3.63) is 0 Å². The molecule has 0 atom stereocenters. The van der Waals surface area contributed by atoms with Crippen molar-refractivity contribution in [1.29, 1.82) is 0 Å². The smallest absolute Gasteiger partial charge is 0.0587 e. The molecule has 0 amide bonds. The first-order valence-corrected chi connectivity index (χ1v) is 6.73. The van der Waals surface area contributed by atoms with Crippen LogP contribution >= 0.6 is 0 Å². The molecule has 1 aliphatic rings. The zero-order valence-electron chi connectivity index (χ0n) is 11.5. The van der Waals surface area contributed by atoms with E-state index in [0.29, 0.717) is 5.41 Å². The van der Waals surface area contributed by atoms with Crippen LogP contribution < -0.4 is 5.32 Å². The second-order valence-electron chi connectivity index (χ2n) is 6.28. The van der Waals surface area contributed by atoms with Crippen molar-refractivity contribution in [1.82, 2.24) is 5.32 Å². The molecule has 1 aliphatic carbocycles. The number of nitrogens with one attached hydrogen (secondary N) is 1. The molecule has 0 spiro atoms. The van der Waals surface area contributed by atoms with Crippen LogP contribution in [0.15, 0.2) is 0 Å². The van der Waals surface area contributed by atoms with E-state index in [4.69, 9.17) is 4.74 Å². The Morgan fingerprint density at radius 2 is 1.75 bits per heavy atom. The Morgan fingerprint density at radius 3 is 2.25 bits per heavy atom. The number of methoxy groups -OCH3 is 1. The molecule has 0 radical (unpaired) electrons. The highest BCUT2D eigenvalue weighted by Gasteiger charge is 2.29. The Morgan fingerprint density at radius 1 is 1.12 bits per heavy atom. The fourth-order valence-corrected chi connectivity index (χ4v) is 2.71. The predicted molar refractivity (Wildman–Crippen MR) is 69.6 cm³/mol. The van der Waals surface area contributed by atoms with Gasteiger partial charge in [0, 0.05) is 13.7 Å². The third-order valence-corrected chi connectivity index (χ3v) is 3.99. The molecule has 96 valence electrons. The van der Waals surface area contributed by atoms with Crippen LogP contribution in [0.4, 0.5) is 0 Å². The van der Waals surface area contributed by atoms with Gasteiger partial charge in [-0.1, -0.05) is 20.8 Å². The molecule has 1 rings (SSSR count). The molecule has 1 saturated carbocycles. The number of hydrogen-bond acceptors (Lipinski definition) is 2. The molecule has 0 aromatic carbocycles. The summed E-state index contributed by atoms with van der Waals surface area (Å²) >= 11 is 0. The van der Waals surface area contributed by atoms with Crippen LogP contribution in [0, 0.1) is 17.3 Å². The highest BCUT2D eigenvalue weighted by Crippen LogP contribution is 2.39. The molecule has 1 fully saturated rings. The summed E-state index contributed by atoms with van der Waals surface area (Å²) in [6.45, 7) is 10.2. The van der Waals surface area contributed by atoms with Crippen molar-refractivity contribution in [2.24, 2.45) is 17.3 Å². The molecule has 1 N–H and O–H groups in total. The molecule has 0 aromatic heterocycles. The fraction of sp³-hybridized carbons (Fsp3) is 1.00. The molecule has 0 saturated heterocycles. The minimum Gasteiger partial charge on any atom is -0.383 e. The minimum absolute atomic E-state index is 0.508. The molecule has 2 nitrogen and oxygen atoms in total. The summed E-state index contributed by atoms with van der Waals surface area (Å²) in [6, 6.07) is 0. The van der Waals surface area contributed by atoms with E-state index < -0.39 is 0 Å². The van der Waals surface area contributed by atoms with Gasteiger partial charge in [-0.05, 0) is 49.5 Å². The second kappa shape index (κ2) is 6.61. The van der Waals surface area contributed by atoms with Gasteiger partial charge in [0.05, 0.1) is 6.61 Å². The number of rotatable bonds is 5. The van der Waals surface area contributed by atoms with E-state index in [9.17, 15) is 0 Å². The van der Waals surface area contributed by atoms with E-state index in [1.165, 1.54) is 32.2 Å². The lowest BCUT2D eigenvalue weighted by molar-refractivity contribution is 0.146. The van der Waals surface area contributed by atoms with E-state index in [1.54, 1.807) is 7.11 Å². The standard InChI is InChI=1S/C14H29NO/c1-14(2,3)13-7-5-12(6-8-13)11-15-9-10-16-4/h12-13,15H,5-11H2,1-4H3. The Labute approximate surface area is 101 Å². The van der Waals surface area contributed by atoms with Crippen LogP contribution in [0.3, 0.4) is 0 Å². The van der Waals surface area contributed by atoms with Crippen LogP contribution in [-0.4, -0.2) is 26.8 Å². The maximum Gasteiger partial charge on any atom is 0.0587 e. The normalized spacial score (nSPS) is 27.0. The quantitative estimate of drug-likeness (QED) is 0.729. The molecular weight excluding hydrogens is 198 g/mol. The lowest BCUT2D eigenvalue weighted by atomic mass is 9.70. The second-order valence-corrected chi connectivity index (χ2v) is 6.28. The molecule has 16 heavy (non-hydrogen) atoms. The SMILES string of the molecule is COCCNCC1CCC(C(C)(C)C)CC1. The van der Waals surface area contributed by atoms with Gasteiger partial charge in [0.1, 0.15) is 0 Å². The van der Waals surface area contributed by atoms with E-state index in [2.05, 4.69) is 26.1 Å². The predicted octanol–water partition coefficient (Wildman–Crippen LogP) is 3.07. The highest BCUT2D eigenvalue weighted by molar-refractivity contribution is 4.81. The summed E-state index contributed by atoms with van der Waals surface area (Å²) < 4.78 is 5.03. The van der Waals surface area contributed by atoms with Gasteiger partial charge in [-0.2, -0.15) is 0 Å². The van der Waals surface area contributed by atoms with Gasteiger partial charge in [-0.25, -0.2) is 0 Å². The zero-order valence-corrected chi connectivity index (χ0v) is 11.5. The average molecular weight is 227 g/mol. The van der Waals surface area contributed by atoms with Gasteiger partial charge >= 0.3 is 0 Å². The number of ether oxygens (including phenoxy) is 1.